The highest BCUT2D eigenvalue weighted by molar-refractivity contribution is 7.12. The lowest BCUT2D eigenvalue weighted by molar-refractivity contribution is 1.00. The normalized spacial score (nSPS) is 10.3. The van der Waals surface area contributed by atoms with Crippen molar-refractivity contribution in [3.63, 3.8) is 0 Å². The van der Waals surface area contributed by atoms with Gasteiger partial charge in [0.05, 0.1) is 0 Å². The van der Waals surface area contributed by atoms with E-state index in [4.69, 9.17) is 0 Å². The Balaban J connectivity index is 2.47. The monoisotopic (exact) mass is 220 g/mol. The SMILES string of the molecule is CCc1cc(NC)nc(-c2nccs2)n1. The van der Waals surface area contributed by atoms with E-state index < -0.39 is 0 Å². The standard InChI is InChI=1S/C10H12N4S/c1-3-7-6-8(11-2)14-9(13-7)10-12-4-5-15-10/h4-6H,3H2,1-2H3,(H,11,13,14). The van der Waals surface area contributed by atoms with Crippen molar-refractivity contribution in [1.29, 1.82) is 0 Å². The van der Waals surface area contributed by atoms with E-state index in [9.17, 15) is 0 Å². The number of nitrogens with zero attached hydrogens (tertiary/aromatic N) is 3. The molecule has 0 aromatic carbocycles. The maximum Gasteiger partial charge on any atom is 0.190 e. The summed E-state index contributed by atoms with van der Waals surface area (Å²) in [5, 5.41) is 5.82. The molecule has 5 heteroatoms. The summed E-state index contributed by atoms with van der Waals surface area (Å²) in [6.45, 7) is 2.08. The van der Waals surface area contributed by atoms with Gasteiger partial charge in [-0.05, 0) is 6.42 Å². The summed E-state index contributed by atoms with van der Waals surface area (Å²) in [4.78, 5) is 13.0. The predicted octanol–water partition coefficient (Wildman–Crippen LogP) is 2.20. The Labute approximate surface area is 92.4 Å². The molecule has 0 radical (unpaired) electrons. The third kappa shape index (κ3) is 2.12. The Bertz CT molecular complexity index is 416. The largest absolute Gasteiger partial charge is 0.373 e. The van der Waals surface area contributed by atoms with Crippen LogP contribution in [-0.2, 0) is 6.42 Å². The van der Waals surface area contributed by atoms with E-state index in [2.05, 4.69) is 27.2 Å². The smallest absolute Gasteiger partial charge is 0.190 e. The first-order valence-electron chi connectivity index (χ1n) is 4.79. The van der Waals surface area contributed by atoms with Crippen molar-refractivity contribution in [3.8, 4) is 10.8 Å². The van der Waals surface area contributed by atoms with Gasteiger partial charge in [-0.2, -0.15) is 0 Å². The third-order valence-corrected chi connectivity index (χ3v) is 2.79. The minimum absolute atomic E-state index is 0.703. The molecule has 4 nitrogen and oxygen atoms in total. The number of anilines is 1. The zero-order valence-corrected chi connectivity index (χ0v) is 9.51. The Hall–Kier alpha value is -1.49. The highest BCUT2D eigenvalue weighted by Gasteiger charge is 2.07. The Morgan fingerprint density at radius 1 is 1.40 bits per heavy atom. The highest BCUT2D eigenvalue weighted by Crippen LogP contribution is 2.19. The molecule has 0 aliphatic rings. The predicted molar refractivity (Wildman–Crippen MR) is 62.1 cm³/mol. The van der Waals surface area contributed by atoms with Crippen LogP contribution in [-0.4, -0.2) is 22.0 Å². The molecule has 0 saturated carbocycles. The van der Waals surface area contributed by atoms with E-state index in [0.717, 1.165) is 22.9 Å². The van der Waals surface area contributed by atoms with Crippen LogP contribution < -0.4 is 5.32 Å². The maximum absolute atomic E-state index is 4.44. The zero-order valence-electron chi connectivity index (χ0n) is 8.69. The molecule has 0 amide bonds. The molecule has 15 heavy (non-hydrogen) atoms. The molecular weight excluding hydrogens is 208 g/mol. The molecule has 0 atom stereocenters. The molecule has 2 rings (SSSR count). The second-order valence-electron chi connectivity index (χ2n) is 3.01. The second kappa shape index (κ2) is 4.35. The Kier molecular flexibility index (Phi) is 2.91. The van der Waals surface area contributed by atoms with Crippen molar-refractivity contribution in [2.75, 3.05) is 12.4 Å². The molecule has 0 spiro atoms. The molecule has 2 heterocycles. The van der Waals surface area contributed by atoms with Gasteiger partial charge in [0.1, 0.15) is 5.82 Å². The first-order valence-corrected chi connectivity index (χ1v) is 5.67. The average Bonchev–Trinajstić information content (AvgIpc) is 2.81. The molecule has 2 aromatic heterocycles. The summed E-state index contributed by atoms with van der Waals surface area (Å²) in [5.41, 5.74) is 1.03. The Morgan fingerprint density at radius 3 is 2.87 bits per heavy atom. The van der Waals surface area contributed by atoms with E-state index in [0.29, 0.717) is 5.82 Å². The molecule has 0 bridgehead atoms. The van der Waals surface area contributed by atoms with E-state index in [1.165, 1.54) is 0 Å². The van der Waals surface area contributed by atoms with Crippen LogP contribution in [0.3, 0.4) is 0 Å². The fourth-order valence-electron chi connectivity index (χ4n) is 1.24. The number of rotatable bonds is 3. The molecular formula is C10H12N4S. The Morgan fingerprint density at radius 2 is 2.27 bits per heavy atom. The summed E-state index contributed by atoms with van der Waals surface area (Å²) < 4.78 is 0. The summed E-state index contributed by atoms with van der Waals surface area (Å²) >= 11 is 1.55. The van der Waals surface area contributed by atoms with Gasteiger partial charge in [0.15, 0.2) is 10.8 Å². The van der Waals surface area contributed by atoms with Crippen LogP contribution in [0.25, 0.3) is 10.8 Å². The number of hydrogen-bond donors (Lipinski definition) is 1. The van der Waals surface area contributed by atoms with Crippen LogP contribution in [0.2, 0.25) is 0 Å². The molecule has 0 saturated heterocycles. The minimum atomic E-state index is 0.703. The van der Waals surface area contributed by atoms with E-state index in [1.54, 1.807) is 17.5 Å². The lowest BCUT2D eigenvalue weighted by Gasteiger charge is -2.04. The van der Waals surface area contributed by atoms with E-state index >= 15 is 0 Å². The fraction of sp³-hybridized carbons (Fsp3) is 0.300. The van der Waals surface area contributed by atoms with Crippen LogP contribution in [0.1, 0.15) is 12.6 Å². The quantitative estimate of drug-likeness (QED) is 0.861. The molecule has 0 aliphatic carbocycles. The van der Waals surface area contributed by atoms with E-state index in [1.807, 2.05) is 18.5 Å². The number of nitrogens with one attached hydrogen (secondary N) is 1. The first kappa shape index (κ1) is 10.0. The molecule has 0 aliphatic heterocycles. The summed E-state index contributed by atoms with van der Waals surface area (Å²) in [6, 6.07) is 1.96. The molecule has 1 N–H and O–H groups in total. The van der Waals surface area contributed by atoms with Gasteiger partial charge in [0, 0.05) is 30.4 Å². The average molecular weight is 220 g/mol. The minimum Gasteiger partial charge on any atom is -0.373 e. The number of aryl methyl sites for hydroxylation is 1. The number of aromatic nitrogens is 3. The van der Waals surface area contributed by atoms with Crippen molar-refractivity contribution in [2.24, 2.45) is 0 Å². The van der Waals surface area contributed by atoms with Gasteiger partial charge >= 0.3 is 0 Å². The van der Waals surface area contributed by atoms with Gasteiger partial charge in [-0.15, -0.1) is 11.3 Å². The molecule has 0 unspecified atom stereocenters. The van der Waals surface area contributed by atoms with Gasteiger partial charge in [-0.3, -0.25) is 0 Å². The zero-order chi connectivity index (χ0) is 10.7. The van der Waals surface area contributed by atoms with Gasteiger partial charge in [0.2, 0.25) is 0 Å². The van der Waals surface area contributed by atoms with Crippen LogP contribution in [0.4, 0.5) is 5.82 Å². The molecule has 2 aromatic rings. The maximum atomic E-state index is 4.44. The fourth-order valence-corrected chi connectivity index (χ4v) is 1.81. The number of thiazole rings is 1. The molecule has 0 fully saturated rings. The van der Waals surface area contributed by atoms with Crippen LogP contribution in [0.5, 0.6) is 0 Å². The van der Waals surface area contributed by atoms with Crippen LogP contribution >= 0.6 is 11.3 Å². The van der Waals surface area contributed by atoms with Gasteiger partial charge in [0.25, 0.3) is 0 Å². The van der Waals surface area contributed by atoms with Crippen molar-refractivity contribution in [1.82, 2.24) is 15.0 Å². The summed E-state index contributed by atoms with van der Waals surface area (Å²) in [5.74, 6) is 1.54. The van der Waals surface area contributed by atoms with E-state index in [-0.39, 0.29) is 0 Å². The molecule has 78 valence electrons. The number of hydrogen-bond acceptors (Lipinski definition) is 5. The van der Waals surface area contributed by atoms with Crippen molar-refractivity contribution >= 4 is 17.2 Å². The van der Waals surface area contributed by atoms with Crippen molar-refractivity contribution < 1.29 is 0 Å². The highest BCUT2D eigenvalue weighted by atomic mass is 32.1. The van der Waals surface area contributed by atoms with Gasteiger partial charge < -0.3 is 5.32 Å². The topological polar surface area (TPSA) is 50.7 Å². The lowest BCUT2D eigenvalue weighted by Crippen LogP contribution is -1.99. The van der Waals surface area contributed by atoms with Gasteiger partial charge in [-0.25, -0.2) is 15.0 Å². The van der Waals surface area contributed by atoms with Gasteiger partial charge in [-0.1, -0.05) is 6.92 Å². The summed E-state index contributed by atoms with van der Waals surface area (Å²) in [6.07, 6.45) is 2.66. The van der Waals surface area contributed by atoms with Crippen molar-refractivity contribution in [2.45, 2.75) is 13.3 Å². The third-order valence-electron chi connectivity index (χ3n) is 2.02. The first-order chi connectivity index (χ1) is 7.33. The summed E-state index contributed by atoms with van der Waals surface area (Å²) in [7, 11) is 1.85. The van der Waals surface area contributed by atoms with Crippen molar-refractivity contribution in [3.05, 3.63) is 23.3 Å². The second-order valence-corrected chi connectivity index (χ2v) is 3.90. The van der Waals surface area contributed by atoms with Crippen LogP contribution in [0.15, 0.2) is 17.6 Å². The van der Waals surface area contributed by atoms with Crippen LogP contribution in [0, 0.1) is 0 Å². The lowest BCUT2D eigenvalue weighted by atomic mass is 10.3.